The van der Waals surface area contributed by atoms with Crippen LogP contribution in [-0.2, 0) is 0 Å². The largest absolute Gasteiger partial charge is 0.493 e. The van der Waals surface area contributed by atoms with E-state index in [-0.39, 0.29) is 5.78 Å². The third-order valence-corrected chi connectivity index (χ3v) is 2.29. The first-order chi connectivity index (χ1) is 6.15. The van der Waals surface area contributed by atoms with Crippen molar-refractivity contribution in [1.82, 2.24) is 0 Å². The number of rotatable bonds is 3. The summed E-state index contributed by atoms with van der Waals surface area (Å²) in [5.74, 6) is 0.767. The molecule has 0 radical (unpaired) electrons. The maximum Gasteiger partial charge on any atom is 0.159 e. The molecule has 70 valence electrons. The molecule has 1 aromatic carbocycles. The van der Waals surface area contributed by atoms with Crippen LogP contribution in [0.2, 0.25) is 0 Å². The molecule has 0 heterocycles. The lowest BCUT2D eigenvalue weighted by Crippen LogP contribution is -1.96. The van der Waals surface area contributed by atoms with Crippen LogP contribution in [0.25, 0.3) is 0 Å². The van der Waals surface area contributed by atoms with Crippen LogP contribution in [-0.4, -0.2) is 12.4 Å². The van der Waals surface area contributed by atoms with Gasteiger partial charge in [0.2, 0.25) is 0 Å². The topological polar surface area (TPSA) is 26.3 Å². The Hall–Kier alpha value is -0.830. The minimum absolute atomic E-state index is 0.0495. The summed E-state index contributed by atoms with van der Waals surface area (Å²) in [5, 5.41) is 0. The third kappa shape index (κ3) is 2.56. The van der Waals surface area contributed by atoms with Crippen molar-refractivity contribution in [1.29, 1.82) is 0 Å². The van der Waals surface area contributed by atoms with E-state index in [0.717, 1.165) is 10.2 Å². The Labute approximate surface area is 86.0 Å². The maximum atomic E-state index is 11.0. The molecule has 0 aliphatic carbocycles. The Morgan fingerprint density at radius 1 is 1.54 bits per heavy atom. The molecule has 2 nitrogen and oxygen atoms in total. The number of ketones is 1. The predicted molar refractivity (Wildman–Crippen MR) is 55.3 cm³/mol. The zero-order valence-corrected chi connectivity index (χ0v) is 9.22. The average Bonchev–Trinajstić information content (AvgIpc) is 2.08. The van der Waals surface area contributed by atoms with Crippen LogP contribution in [0.15, 0.2) is 22.7 Å². The molecule has 0 amide bonds. The lowest BCUT2D eigenvalue weighted by atomic mass is 10.1. The molecular formula is C10H11BrO2. The van der Waals surface area contributed by atoms with Gasteiger partial charge < -0.3 is 4.74 Å². The first kappa shape index (κ1) is 10.3. The fraction of sp³-hybridized carbons (Fsp3) is 0.300. The molecule has 0 unspecified atom stereocenters. The van der Waals surface area contributed by atoms with Gasteiger partial charge in [-0.15, -0.1) is 0 Å². The Bertz CT molecular complexity index is 321. The van der Waals surface area contributed by atoms with Crippen molar-refractivity contribution in [2.45, 2.75) is 13.8 Å². The summed E-state index contributed by atoms with van der Waals surface area (Å²) in [6.07, 6.45) is 0. The molecule has 0 aliphatic rings. The lowest BCUT2D eigenvalue weighted by Gasteiger charge is -2.06. The molecule has 0 bridgehead atoms. The van der Waals surface area contributed by atoms with Gasteiger partial charge in [-0.2, -0.15) is 0 Å². The van der Waals surface area contributed by atoms with Crippen LogP contribution in [0.5, 0.6) is 5.75 Å². The average molecular weight is 243 g/mol. The zero-order chi connectivity index (χ0) is 9.84. The molecule has 13 heavy (non-hydrogen) atoms. The van der Waals surface area contributed by atoms with Crippen molar-refractivity contribution in [2.75, 3.05) is 6.61 Å². The van der Waals surface area contributed by atoms with Crippen molar-refractivity contribution in [3.05, 3.63) is 28.2 Å². The van der Waals surface area contributed by atoms with Crippen LogP contribution < -0.4 is 4.74 Å². The molecular weight excluding hydrogens is 232 g/mol. The van der Waals surface area contributed by atoms with Gasteiger partial charge in [0.25, 0.3) is 0 Å². The van der Waals surface area contributed by atoms with Gasteiger partial charge in [0.05, 0.1) is 11.1 Å². The Kier molecular flexibility index (Phi) is 3.48. The molecule has 1 aromatic rings. The SMILES string of the molecule is CCOc1cc(C(C)=O)ccc1Br. The number of Topliss-reactive ketones (excluding diaryl/α,β-unsaturated/α-hetero) is 1. The van der Waals surface area contributed by atoms with Gasteiger partial charge in [0, 0.05) is 5.56 Å². The van der Waals surface area contributed by atoms with Gasteiger partial charge in [-0.1, -0.05) is 6.07 Å². The van der Waals surface area contributed by atoms with E-state index >= 15 is 0 Å². The first-order valence-electron chi connectivity index (χ1n) is 4.08. The molecule has 0 saturated heterocycles. The van der Waals surface area contributed by atoms with Crippen molar-refractivity contribution in [2.24, 2.45) is 0 Å². The number of hydrogen-bond donors (Lipinski definition) is 0. The monoisotopic (exact) mass is 242 g/mol. The Morgan fingerprint density at radius 3 is 2.77 bits per heavy atom. The highest BCUT2D eigenvalue weighted by Crippen LogP contribution is 2.26. The predicted octanol–water partition coefficient (Wildman–Crippen LogP) is 3.05. The summed E-state index contributed by atoms with van der Waals surface area (Å²) < 4.78 is 6.20. The number of halogens is 1. The van der Waals surface area contributed by atoms with Crippen molar-refractivity contribution < 1.29 is 9.53 Å². The van der Waals surface area contributed by atoms with E-state index in [1.54, 1.807) is 19.1 Å². The molecule has 0 atom stereocenters. The smallest absolute Gasteiger partial charge is 0.159 e. The molecule has 0 saturated carbocycles. The first-order valence-corrected chi connectivity index (χ1v) is 4.87. The highest BCUT2D eigenvalue weighted by atomic mass is 79.9. The molecule has 0 fully saturated rings. The zero-order valence-electron chi connectivity index (χ0n) is 7.63. The molecule has 0 aliphatic heterocycles. The fourth-order valence-electron chi connectivity index (χ4n) is 0.988. The van der Waals surface area contributed by atoms with E-state index in [9.17, 15) is 4.79 Å². The Balaban J connectivity index is 3.03. The molecule has 0 aromatic heterocycles. The normalized spacial score (nSPS) is 9.77. The maximum absolute atomic E-state index is 11.0. The van der Waals surface area contributed by atoms with E-state index < -0.39 is 0 Å². The second kappa shape index (κ2) is 4.42. The van der Waals surface area contributed by atoms with Gasteiger partial charge in [-0.3, -0.25) is 4.79 Å². The summed E-state index contributed by atoms with van der Waals surface area (Å²) in [7, 11) is 0. The summed E-state index contributed by atoms with van der Waals surface area (Å²) in [6.45, 7) is 4.05. The third-order valence-electron chi connectivity index (χ3n) is 1.64. The lowest BCUT2D eigenvalue weighted by molar-refractivity contribution is 0.101. The standard InChI is InChI=1S/C10H11BrO2/c1-3-13-10-6-8(7(2)12)4-5-9(10)11/h4-6H,3H2,1-2H3. The summed E-state index contributed by atoms with van der Waals surface area (Å²) in [5.41, 5.74) is 0.673. The number of ether oxygens (including phenoxy) is 1. The molecule has 1 rings (SSSR count). The Morgan fingerprint density at radius 2 is 2.23 bits per heavy atom. The minimum atomic E-state index is 0.0495. The van der Waals surface area contributed by atoms with Crippen LogP contribution >= 0.6 is 15.9 Å². The number of hydrogen-bond acceptors (Lipinski definition) is 2. The molecule has 3 heteroatoms. The fourth-order valence-corrected chi connectivity index (χ4v) is 1.35. The van der Waals surface area contributed by atoms with Gasteiger partial charge in [-0.05, 0) is 41.9 Å². The van der Waals surface area contributed by atoms with Crippen molar-refractivity contribution in [3.63, 3.8) is 0 Å². The van der Waals surface area contributed by atoms with E-state index in [0.29, 0.717) is 12.2 Å². The summed E-state index contributed by atoms with van der Waals surface area (Å²) in [4.78, 5) is 11.0. The highest BCUT2D eigenvalue weighted by Gasteiger charge is 2.04. The van der Waals surface area contributed by atoms with E-state index in [4.69, 9.17) is 4.74 Å². The second-order valence-corrected chi connectivity index (χ2v) is 3.49. The molecule has 0 N–H and O–H groups in total. The van der Waals surface area contributed by atoms with Crippen molar-refractivity contribution in [3.8, 4) is 5.75 Å². The quantitative estimate of drug-likeness (QED) is 0.762. The van der Waals surface area contributed by atoms with E-state index in [1.807, 2.05) is 13.0 Å². The number of benzene rings is 1. The second-order valence-electron chi connectivity index (χ2n) is 2.63. The number of carbonyl (C=O) groups excluding carboxylic acids is 1. The van der Waals surface area contributed by atoms with E-state index in [2.05, 4.69) is 15.9 Å². The summed E-state index contributed by atoms with van der Waals surface area (Å²) in [6, 6.07) is 5.34. The van der Waals surface area contributed by atoms with Crippen LogP contribution in [0.4, 0.5) is 0 Å². The van der Waals surface area contributed by atoms with Crippen LogP contribution in [0.1, 0.15) is 24.2 Å². The van der Waals surface area contributed by atoms with Gasteiger partial charge in [-0.25, -0.2) is 0 Å². The number of carbonyl (C=O) groups is 1. The van der Waals surface area contributed by atoms with Gasteiger partial charge in [0.1, 0.15) is 5.75 Å². The summed E-state index contributed by atoms with van der Waals surface area (Å²) >= 11 is 3.34. The minimum Gasteiger partial charge on any atom is -0.493 e. The van der Waals surface area contributed by atoms with Crippen molar-refractivity contribution >= 4 is 21.7 Å². The van der Waals surface area contributed by atoms with Crippen LogP contribution in [0, 0.1) is 0 Å². The van der Waals surface area contributed by atoms with Gasteiger partial charge >= 0.3 is 0 Å². The van der Waals surface area contributed by atoms with E-state index in [1.165, 1.54) is 0 Å². The van der Waals surface area contributed by atoms with Gasteiger partial charge in [0.15, 0.2) is 5.78 Å². The molecule has 0 spiro atoms. The van der Waals surface area contributed by atoms with Crippen LogP contribution in [0.3, 0.4) is 0 Å². The highest BCUT2D eigenvalue weighted by molar-refractivity contribution is 9.10.